The number of benzene rings is 1. The second-order valence-corrected chi connectivity index (χ2v) is 5.83. The molecule has 0 radical (unpaired) electrons. The van der Waals surface area contributed by atoms with Crippen molar-refractivity contribution in [2.45, 2.75) is 13.5 Å². The van der Waals surface area contributed by atoms with Crippen LogP contribution < -0.4 is 0 Å². The van der Waals surface area contributed by atoms with Gasteiger partial charge in [0.1, 0.15) is 0 Å². The van der Waals surface area contributed by atoms with Crippen LogP contribution in [0.5, 0.6) is 0 Å². The Kier molecular flexibility index (Phi) is 6.56. The molecule has 0 atom stereocenters. The second-order valence-electron chi connectivity index (χ2n) is 4.85. The SMILES string of the molecule is CCN(Cc1ccccc1)C(=O)COC(=O)C=Cc1cccs1. The molecule has 1 amide bonds. The number of hydrogen-bond acceptors (Lipinski definition) is 4. The first kappa shape index (κ1) is 17.0. The zero-order chi connectivity index (χ0) is 16.5. The maximum absolute atomic E-state index is 12.1. The first-order valence-corrected chi connectivity index (χ1v) is 8.27. The van der Waals surface area contributed by atoms with E-state index in [1.165, 1.54) is 17.4 Å². The van der Waals surface area contributed by atoms with Crippen LogP contribution in [0.15, 0.2) is 53.9 Å². The summed E-state index contributed by atoms with van der Waals surface area (Å²) in [7, 11) is 0. The van der Waals surface area contributed by atoms with Gasteiger partial charge in [-0.2, -0.15) is 0 Å². The lowest BCUT2D eigenvalue weighted by Gasteiger charge is -2.20. The van der Waals surface area contributed by atoms with E-state index in [1.54, 1.807) is 11.0 Å². The third-order valence-electron chi connectivity index (χ3n) is 3.22. The Balaban J connectivity index is 1.81. The van der Waals surface area contributed by atoms with Crippen LogP contribution in [0, 0.1) is 0 Å². The molecule has 0 saturated carbocycles. The summed E-state index contributed by atoms with van der Waals surface area (Å²) in [5, 5.41) is 1.93. The Morgan fingerprint density at radius 1 is 1.17 bits per heavy atom. The molecule has 1 heterocycles. The standard InChI is InChI=1S/C18H19NO3S/c1-2-19(13-15-7-4-3-5-8-15)17(20)14-22-18(21)11-10-16-9-6-12-23-16/h3-12H,2,13-14H2,1H3. The van der Waals surface area contributed by atoms with Gasteiger partial charge in [-0.1, -0.05) is 36.4 Å². The topological polar surface area (TPSA) is 46.6 Å². The minimum Gasteiger partial charge on any atom is -0.452 e. The summed E-state index contributed by atoms with van der Waals surface area (Å²) in [5.74, 6) is -0.711. The van der Waals surface area contributed by atoms with Gasteiger partial charge >= 0.3 is 5.97 Å². The van der Waals surface area contributed by atoms with Gasteiger partial charge in [-0.3, -0.25) is 4.79 Å². The predicted molar refractivity (Wildman–Crippen MR) is 91.8 cm³/mol. The van der Waals surface area contributed by atoms with Gasteiger partial charge in [0.2, 0.25) is 0 Å². The maximum atomic E-state index is 12.1. The van der Waals surface area contributed by atoms with E-state index in [4.69, 9.17) is 4.74 Å². The largest absolute Gasteiger partial charge is 0.452 e. The van der Waals surface area contributed by atoms with Crippen LogP contribution in [0.4, 0.5) is 0 Å². The number of likely N-dealkylation sites (N-methyl/N-ethyl adjacent to an activating group) is 1. The summed E-state index contributed by atoms with van der Waals surface area (Å²) in [6.45, 7) is 2.74. The molecule has 1 aromatic carbocycles. The highest BCUT2D eigenvalue weighted by molar-refractivity contribution is 7.10. The average Bonchev–Trinajstić information content (AvgIpc) is 3.10. The van der Waals surface area contributed by atoms with E-state index in [0.29, 0.717) is 13.1 Å². The highest BCUT2D eigenvalue weighted by Crippen LogP contribution is 2.10. The van der Waals surface area contributed by atoms with Gasteiger partial charge in [-0.25, -0.2) is 4.79 Å². The molecule has 2 rings (SSSR count). The zero-order valence-electron chi connectivity index (χ0n) is 13.0. The van der Waals surface area contributed by atoms with Crippen LogP contribution in [-0.2, 0) is 20.9 Å². The van der Waals surface area contributed by atoms with Crippen molar-refractivity contribution in [3.05, 3.63) is 64.4 Å². The molecule has 4 nitrogen and oxygen atoms in total. The zero-order valence-corrected chi connectivity index (χ0v) is 13.8. The number of nitrogens with zero attached hydrogens (tertiary/aromatic N) is 1. The minimum atomic E-state index is -0.512. The monoisotopic (exact) mass is 329 g/mol. The van der Waals surface area contributed by atoms with Gasteiger partial charge < -0.3 is 9.64 Å². The molecule has 0 aliphatic heterocycles. The number of esters is 1. The highest BCUT2D eigenvalue weighted by atomic mass is 32.1. The van der Waals surface area contributed by atoms with Crippen molar-refractivity contribution in [2.24, 2.45) is 0 Å². The third kappa shape index (κ3) is 5.71. The lowest BCUT2D eigenvalue weighted by Crippen LogP contribution is -2.33. The molecule has 120 valence electrons. The molecule has 2 aromatic rings. The van der Waals surface area contributed by atoms with Gasteiger partial charge in [-0.05, 0) is 30.0 Å². The van der Waals surface area contributed by atoms with Gasteiger partial charge in [-0.15, -0.1) is 11.3 Å². The second kappa shape index (κ2) is 8.90. The summed E-state index contributed by atoms with van der Waals surface area (Å²) in [6, 6.07) is 13.5. The number of amides is 1. The van der Waals surface area contributed by atoms with Crippen molar-refractivity contribution in [3.8, 4) is 0 Å². The number of ether oxygens (including phenoxy) is 1. The summed E-state index contributed by atoms with van der Waals surface area (Å²) in [6.07, 6.45) is 3.02. The third-order valence-corrected chi connectivity index (χ3v) is 4.05. The van der Waals surface area contributed by atoms with Crippen LogP contribution in [0.25, 0.3) is 6.08 Å². The number of carbonyl (C=O) groups is 2. The van der Waals surface area contributed by atoms with E-state index in [9.17, 15) is 9.59 Å². The first-order valence-electron chi connectivity index (χ1n) is 7.39. The van der Waals surface area contributed by atoms with Crippen LogP contribution in [0.3, 0.4) is 0 Å². The fraction of sp³-hybridized carbons (Fsp3) is 0.222. The van der Waals surface area contributed by atoms with Gasteiger partial charge in [0.15, 0.2) is 6.61 Å². The lowest BCUT2D eigenvalue weighted by molar-refractivity contribution is -0.148. The van der Waals surface area contributed by atoms with Gasteiger partial charge in [0, 0.05) is 24.0 Å². The first-order chi connectivity index (χ1) is 11.2. The number of hydrogen-bond donors (Lipinski definition) is 0. The quantitative estimate of drug-likeness (QED) is 0.578. The van der Waals surface area contributed by atoms with Crippen LogP contribution >= 0.6 is 11.3 Å². The molecule has 0 N–H and O–H groups in total. The van der Waals surface area contributed by atoms with Crippen molar-refractivity contribution >= 4 is 29.3 Å². The Morgan fingerprint density at radius 2 is 1.96 bits per heavy atom. The molecule has 0 aliphatic carbocycles. The van der Waals surface area contributed by atoms with Gasteiger partial charge in [0.05, 0.1) is 0 Å². The van der Waals surface area contributed by atoms with Crippen LogP contribution in [-0.4, -0.2) is 29.9 Å². The highest BCUT2D eigenvalue weighted by Gasteiger charge is 2.13. The molecular weight excluding hydrogens is 310 g/mol. The Morgan fingerprint density at radius 3 is 2.61 bits per heavy atom. The summed E-state index contributed by atoms with van der Waals surface area (Å²) >= 11 is 1.53. The number of carbonyl (C=O) groups excluding carboxylic acids is 2. The van der Waals surface area contributed by atoms with Gasteiger partial charge in [0.25, 0.3) is 5.91 Å². The van der Waals surface area contributed by atoms with E-state index < -0.39 is 5.97 Å². The maximum Gasteiger partial charge on any atom is 0.331 e. The molecule has 0 saturated heterocycles. The summed E-state index contributed by atoms with van der Waals surface area (Å²) in [5.41, 5.74) is 1.05. The number of thiophene rings is 1. The normalized spacial score (nSPS) is 10.7. The molecule has 0 fully saturated rings. The van der Waals surface area contributed by atoms with E-state index in [2.05, 4.69) is 0 Å². The number of rotatable bonds is 7. The minimum absolute atomic E-state index is 0.200. The summed E-state index contributed by atoms with van der Waals surface area (Å²) < 4.78 is 5.01. The molecule has 5 heteroatoms. The van der Waals surface area contributed by atoms with E-state index in [0.717, 1.165) is 10.4 Å². The fourth-order valence-corrected chi connectivity index (χ4v) is 2.61. The smallest absolute Gasteiger partial charge is 0.331 e. The van der Waals surface area contributed by atoms with Crippen molar-refractivity contribution < 1.29 is 14.3 Å². The van der Waals surface area contributed by atoms with E-state index >= 15 is 0 Å². The molecular formula is C18H19NO3S. The molecule has 0 bridgehead atoms. The fourth-order valence-electron chi connectivity index (χ4n) is 1.99. The average molecular weight is 329 g/mol. The predicted octanol–water partition coefficient (Wildman–Crippen LogP) is 3.35. The Hall–Kier alpha value is -2.40. The van der Waals surface area contributed by atoms with E-state index in [1.807, 2.05) is 54.8 Å². The molecule has 0 aliphatic rings. The van der Waals surface area contributed by atoms with Crippen LogP contribution in [0.1, 0.15) is 17.4 Å². The van der Waals surface area contributed by atoms with Crippen LogP contribution in [0.2, 0.25) is 0 Å². The van der Waals surface area contributed by atoms with Crippen molar-refractivity contribution in [1.82, 2.24) is 4.90 Å². The van der Waals surface area contributed by atoms with E-state index in [-0.39, 0.29) is 12.5 Å². The molecule has 0 spiro atoms. The lowest BCUT2D eigenvalue weighted by atomic mass is 10.2. The van der Waals surface area contributed by atoms with Crippen molar-refractivity contribution in [1.29, 1.82) is 0 Å². The molecule has 1 aromatic heterocycles. The summed E-state index contributed by atoms with van der Waals surface area (Å²) in [4.78, 5) is 26.4. The Bertz CT molecular complexity index is 650. The molecule has 0 unspecified atom stereocenters. The Labute approximate surface area is 140 Å². The molecule has 23 heavy (non-hydrogen) atoms. The van der Waals surface area contributed by atoms with Crippen molar-refractivity contribution in [3.63, 3.8) is 0 Å². The van der Waals surface area contributed by atoms with Crippen molar-refractivity contribution in [2.75, 3.05) is 13.2 Å².